The van der Waals surface area contributed by atoms with Gasteiger partial charge in [0.2, 0.25) is 0 Å². The molecule has 1 saturated heterocycles. The van der Waals surface area contributed by atoms with Crippen molar-refractivity contribution in [2.24, 2.45) is 0 Å². The van der Waals surface area contributed by atoms with E-state index in [9.17, 15) is 40.7 Å². The highest BCUT2D eigenvalue weighted by atomic mass is 19.4. The van der Waals surface area contributed by atoms with Gasteiger partial charge in [-0.2, -0.15) is 41.3 Å². The van der Waals surface area contributed by atoms with E-state index in [4.69, 9.17) is 9.47 Å². The van der Waals surface area contributed by atoms with Crippen LogP contribution in [0.1, 0.15) is 21.7 Å². The summed E-state index contributed by atoms with van der Waals surface area (Å²) in [5.41, 5.74) is -1.55. The van der Waals surface area contributed by atoms with Gasteiger partial charge in [0.15, 0.2) is 24.6 Å². The lowest BCUT2D eigenvalue weighted by atomic mass is 10.1. The molecule has 1 amide bonds. The van der Waals surface area contributed by atoms with E-state index < -0.39 is 48.4 Å². The second-order valence-electron chi connectivity index (χ2n) is 11.6. The summed E-state index contributed by atoms with van der Waals surface area (Å²) in [5, 5.41) is 7.88. The fraction of sp³-hybridized carbons (Fsp3) is 0.303. The third kappa shape index (κ3) is 8.53. The Morgan fingerprint density at radius 2 is 1.56 bits per heavy atom. The van der Waals surface area contributed by atoms with Crippen LogP contribution in [0.25, 0.3) is 16.7 Å². The number of ether oxygens (including phenoxy) is 2. The third-order valence-corrected chi connectivity index (χ3v) is 8.01. The summed E-state index contributed by atoms with van der Waals surface area (Å²) < 4.78 is 90.0. The first-order chi connectivity index (χ1) is 24.7. The van der Waals surface area contributed by atoms with Crippen molar-refractivity contribution in [1.29, 1.82) is 0 Å². The first-order valence-electron chi connectivity index (χ1n) is 15.6. The van der Waals surface area contributed by atoms with Crippen molar-refractivity contribution in [1.82, 2.24) is 39.3 Å². The minimum absolute atomic E-state index is 0.0140. The van der Waals surface area contributed by atoms with Gasteiger partial charge in [-0.25, -0.2) is 9.97 Å². The molecule has 0 aliphatic carbocycles. The van der Waals surface area contributed by atoms with Gasteiger partial charge in [-0.05, 0) is 54.6 Å². The Labute approximate surface area is 290 Å². The number of pyridine rings is 1. The van der Waals surface area contributed by atoms with E-state index >= 15 is 0 Å². The number of amides is 1. The fourth-order valence-electron chi connectivity index (χ4n) is 5.44. The molecule has 2 aromatic carbocycles. The number of carbonyl (C=O) groups excluding carboxylic acids is 2. The van der Waals surface area contributed by atoms with E-state index in [2.05, 4.69) is 20.2 Å². The first-order valence-corrected chi connectivity index (χ1v) is 15.6. The Hall–Kier alpha value is -5.85. The number of hydrogen-bond donors (Lipinski definition) is 0. The van der Waals surface area contributed by atoms with E-state index in [0.717, 1.165) is 33.6 Å². The molecule has 0 saturated carbocycles. The Kier molecular flexibility index (Phi) is 10.2. The van der Waals surface area contributed by atoms with Crippen molar-refractivity contribution in [3.05, 3.63) is 100 Å². The number of Topliss-reactive ketones (excluding diaryl/α,β-unsaturated/α-hetero) is 1. The normalized spacial score (nSPS) is 14.1. The van der Waals surface area contributed by atoms with Gasteiger partial charge >= 0.3 is 12.4 Å². The summed E-state index contributed by atoms with van der Waals surface area (Å²) in [6.07, 6.45) is -5.04. The summed E-state index contributed by atoms with van der Waals surface area (Å²) in [4.78, 5) is 53.3. The molecular formula is C33H28F6N8O5. The summed E-state index contributed by atoms with van der Waals surface area (Å²) in [5.74, 6) is -1.05. The van der Waals surface area contributed by atoms with Crippen LogP contribution in [0.2, 0.25) is 0 Å². The summed E-state index contributed by atoms with van der Waals surface area (Å²) in [7, 11) is 0. The molecule has 6 rings (SSSR count). The molecule has 0 N–H and O–H groups in total. The van der Waals surface area contributed by atoms with Crippen LogP contribution in [0, 0.1) is 0 Å². The molecule has 272 valence electrons. The highest BCUT2D eigenvalue weighted by Gasteiger charge is 2.31. The van der Waals surface area contributed by atoms with Crippen LogP contribution in [0.4, 0.5) is 26.3 Å². The number of ketones is 1. The second kappa shape index (κ2) is 14.8. The molecule has 1 fully saturated rings. The lowest BCUT2D eigenvalue weighted by Crippen LogP contribution is -2.50. The number of hydrogen-bond acceptors (Lipinski definition) is 10. The van der Waals surface area contributed by atoms with Crippen LogP contribution < -0.4 is 15.0 Å². The van der Waals surface area contributed by atoms with Gasteiger partial charge in [-0.3, -0.25) is 23.9 Å². The molecule has 0 atom stereocenters. The molecule has 0 bridgehead atoms. The van der Waals surface area contributed by atoms with Crippen molar-refractivity contribution in [3.63, 3.8) is 0 Å². The molecule has 0 unspecified atom stereocenters. The van der Waals surface area contributed by atoms with Crippen LogP contribution in [0.3, 0.4) is 0 Å². The molecule has 19 heteroatoms. The number of carbonyl (C=O) groups is 2. The SMILES string of the molecule is O=C(Cn1nccn1)c1ccc(OCC(F)(F)F)c(-n2c(CN3CCN(C(=O)COc4ccc(C(F)(F)F)cc4)CC3)nc3ncccc3c2=O)c1. The van der Waals surface area contributed by atoms with Crippen LogP contribution in [-0.4, -0.2) is 96.6 Å². The highest BCUT2D eigenvalue weighted by molar-refractivity contribution is 5.96. The average Bonchev–Trinajstić information content (AvgIpc) is 3.63. The van der Waals surface area contributed by atoms with Gasteiger partial charge in [0.1, 0.15) is 23.9 Å². The number of piperazine rings is 1. The average molecular weight is 731 g/mol. The molecule has 52 heavy (non-hydrogen) atoms. The van der Waals surface area contributed by atoms with E-state index in [1.54, 1.807) is 0 Å². The maximum Gasteiger partial charge on any atom is 0.422 e. The van der Waals surface area contributed by atoms with Crippen LogP contribution in [0.5, 0.6) is 11.5 Å². The van der Waals surface area contributed by atoms with Gasteiger partial charge in [0.25, 0.3) is 11.5 Å². The highest BCUT2D eigenvalue weighted by Crippen LogP contribution is 2.31. The monoisotopic (exact) mass is 730 g/mol. The van der Waals surface area contributed by atoms with Crippen molar-refractivity contribution in [3.8, 4) is 17.2 Å². The summed E-state index contributed by atoms with van der Waals surface area (Å²) in [6.45, 7) is -1.36. The Bertz CT molecular complexity index is 2110. The zero-order valence-electron chi connectivity index (χ0n) is 27.0. The number of halogens is 6. The third-order valence-electron chi connectivity index (χ3n) is 8.01. The van der Waals surface area contributed by atoms with Gasteiger partial charge in [-0.15, -0.1) is 0 Å². The largest absolute Gasteiger partial charge is 0.484 e. The first kappa shape index (κ1) is 36.0. The molecule has 13 nitrogen and oxygen atoms in total. The predicted octanol–water partition coefficient (Wildman–Crippen LogP) is 3.94. The number of aromatic nitrogens is 6. The van der Waals surface area contributed by atoms with Gasteiger partial charge in [-0.1, -0.05) is 0 Å². The van der Waals surface area contributed by atoms with Crippen molar-refractivity contribution in [2.45, 2.75) is 25.4 Å². The van der Waals surface area contributed by atoms with Crippen LogP contribution in [-0.2, 0) is 24.1 Å². The molecule has 3 aromatic heterocycles. The number of rotatable bonds is 11. The standard InChI is InChI=1S/C33H28F6N8O5/c34-32(35,36)20-52-27-8-3-21(26(48)17-46-41-10-11-42-46)16-25(27)47-28(43-30-24(31(47)50)2-1-9-40-30)18-44-12-14-45(15-13-44)29(49)19-51-23-6-4-22(5-7-23)33(37,38)39/h1-11,16H,12-15,17-20H2. The molecule has 4 heterocycles. The smallest absolute Gasteiger partial charge is 0.422 e. The van der Waals surface area contributed by atoms with Crippen molar-refractivity contribution in [2.75, 3.05) is 39.4 Å². The lowest BCUT2D eigenvalue weighted by molar-refractivity contribution is -0.153. The second-order valence-corrected chi connectivity index (χ2v) is 11.6. The Morgan fingerprint density at radius 3 is 2.23 bits per heavy atom. The molecular weight excluding hydrogens is 702 g/mol. The van der Waals surface area contributed by atoms with Gasteiger partial charge in [0, 0.05) is 37.9 Å². The zero-order valence-corrected chi connectivity index (χ0v) is 27.0. The van der Waals surface area contributed by atoms with Crippen molar-refractivity contribution < 1.29 is 45.4 Å². The number of nitrogens with zero attached hydrogens (tertiary/aromatic N) is 8. The number of alkyl halides is 6. The maximum atomic E-state index is 14.0. The van der Waals surface area contributed by atoms with E-state index in [1.165, 1.54) is 53.8 Å². The quantitative estimate of drug-likeness (QED) is 0.145. The topological polar surface area (TPSA) is 138 Å². The Morgan fingerprint density at radius 1 is 0.846 bits per heavy atom. The molecule has 0 radical (unpaired) electrons. The zero-order chi connectivity index (χ0) is 37.0. The minimum atomic E-state index is -4.71. The van der Waals surface area contributed by atoms with Crippen LogP contribution in [0.15, 0.2) is 78.0 Å². The molecule has 1 aliphatic heterocycles. The number of benzene rings is 2. The summed E-state index contributed by atoms with van der Waals surface area (Å²) >= 11 is 0. The van der Waals surface area contributed by atoms with Gasteiger partial charge < -0.3 is 14.4 Å². The molecule has 0 spiro atoms. The number of fused-ring (bicyclic) bond motifs is 1. The van der Waals surface area contributed by atoms with Crippen LogP contribution >= 0.6 is 0 Å². The summed E-state index contributed by atoms with van der Waals surface area (Å²) in [6, 6.07) is 10.6. The maximum absolute atomic E-state index is 14.0. The molecule has 1 aliphatic rings. The van der Waals surface area contributed by atoms with E-state index in [0.29, 0.717) is 0 Å². The minimum Gasteiger partial charge on any atom is -0.484 e. The van der Waals surface area contributed by atoms with Crippen molar-refractivity contribution >= 4 is 22.7 Å². The lowest BCUT2D eigenvalue weighted by Gasteiger charge is -2.34. The van der Waals surface area contributed by atoms with E-state index in [1.807, 2.05) is 4.90 Å². The Balaban J connectivity index is 1.24. The fourth-order valence-corrected chi connectivity index (χ4v) is 5.44. The van der Waals surface area contributed by atoms with E-state index in [-0.39, 0.29) is 78.9 Å². The van der Waals surface area contributed by atoms with Gasteiger partial charge in [0.05, 0.1) is 35.6 Å². The molecule has 5 aromatic rings. The predicted molar refractivity (Wildman–Crippen MR) is 170 cm³/mol.